The van der Waals surface area contributed by atoms with E-state index >= 15 is 0 Å². The Kier molecular flexibility index (Phi) is 10.9. The van der Waals surface area contributed by atoms with E-state index in [9.17, 15) is 0 Å². The van der Waals surface area contributed by atoms with Gasteiger partial charge in [0.05, 0.1) is 19.3 Å². The summed E-state index contributed by atoms with van der Waals surface area (Å²) in [4.78, 5) is 9.51. The van der Waals surface area contributed by atoms with Crippen LogP contribution in [0.1, 0.15) is 35.6 Å². The van der Waals surface area contributed by atoms with Crippen LogP contribution in [0.3, 0.4) is 0 Å². The summed E-state index contributed by atoms with van der Waals surface area (Å²) in [6, 6.07) is 20.0. The van der Waals surface area contributed by atoms with Crippen LogP contribution in [-0.2, 0) is 17.8 Å². The predicted molar refractivity (Wildman–Crippen MR) is 146 cm³/mol. The van der Waals surface area contributed by atoms with E-state index in [0.29, 0.717) is 6.04 Å². The first-order valence-corrected chi connectivity index (χ1v) is 11.9. The molecule has 2 N–H and O–H groups in total. The van der Waals surface area contributed by atoms with Crippen molar-refractivity contribution >= 4 is 29.9 Å². The Morgan fingerprint density at radius 2 is 1.67 bits per heavy atom. The van der Waals surface area contributed by atoms with Gasteiger partial charge in [0.1, 0.15) is 0 Å². The lowest BCUT2D eigenvalue weighted by Gasteiger charge is -2.29. The summed E-state index contributed by atoms with van der Waals surface area (Å²) in [5, 5.41) is 7.07. The van der Waals surface area contributed by atoms with Crippen LogP contribution in [0.25, 0.3) is 0 Å². The topological polar surface area (TPSA) is 52.1 Å². The first kappa shape index (κ1) is 25.9. The molecule has 0 amide bonds. The molecule has 0 aliphatic carbocycles. The third-order valence-corrected chi connectivity index (χ3v) is 6.41. The fraction of sp³-hybridized carbons (Fsp3) is 0.500. The molecule has 2 aliphatic heterocycles. The Labute approximate surface area is 215 Å². The lowest BCUT2D eigenvalue weighted by atomic mass is 10.1. The molecule has 2 aromatic rings. The van der Waals surface area contributed by atoms with Gasteiger partial charge in [-0.2, -0.15) is 0 Å². The molecule has 1 unspecified atom stereocenters. The number of ether oxygens (including phenoxy) is 1. The standard InChI is InChI=1S/C26H37N5O.HI/c1-27-26(29-20-25(31-12-5-6-13-31)24-10-3-2-4-11-24)28-19-22-8-7-9-23(18-22)21-30-14-16-32-17-15-30;/h2-4,7-11,18,25H,5-6,12-17,19-21H2,1H3,(H2,27,28,29);1H. The van der Waals surface area contributed by atoms with Gasteiger partial charge in [0.2, 0.25) is 0 Å². The molecule has 0 saturated carbocycles. The molecule has 6 nitrogen and oxygen atoms in total. The van der Waals surface area contributed by atoms with Gasteiger partial charge in [-0.05, 0) is 42.6 Å². The third-order valence-electron chi connectivity index (χ3n) is 6.41. The Hall–Kier alpha value is -1.68. The van der Waals surface area contributed by atoms with E-state index in [0.717, 1.165) is 51.9 Å². The molecule has 4 rings (SSSR count). The SMILES string of the molecule is CN=C(NCc1cccc(CN2CCOCC2)c1)NCC(c1ccccc1)N1CCCC1.I. The average Bonchev–Trinajstić information content (AvgIpc) is 3.37. The number of rotatable bonds is 8. The molecule has 2 heterocycles. The number of morpholine rings is 1. The largest absolute Gasteiger partial charge is 0.379 e. The molecule has 180 valence electrons. The molecule has 2 saturated heterocycles. The Balaban J connectivity index is 0.00000306. The molecule has 1 atom stereocenters. The van der Waals surface area contributed by atoms with Crippen LogP contribution in [0.5, 0.6) is 0 Å². The van der Waals surface area contributed by atoms with Crippen LogP contribution in [0.4, 0.5) is 0 Å². The number of nitrogens with zero attached hydrogens (tertiary/aromatic N) is 3. The van der Waals surface area contributed by atoms with Crippen molar-refractivity contribution in [1.82, 2.24) is 20.4 Å². The van der Waals surface area contributed by atoms with Gasteiger partial charge in [-0.3, -0.25) is 14.8 Å². The van der Waals surface area contributed by atoms with Crippen molar-refractivity contribution in [3.8, 4) is 0 Å². The summed E-state index contributed by atoms with van der Waals surface area (Å²) >= 11 is 0. The summed E-state index contributed by atoms with van der Waals surface area (Å²) in [5.41, 5.74) is 4.00. The number of halogens is 1. The zero-order chi connectivity index (χ0) is 22.0. The van der Waals surface area contributed by atoms with E-state index in [-0.39, 0.29) is 24.0 Å². The van der Waals surface area contributed by atoms with Crippen LogP contribution in [0.15, 0.2) is 59.6 Å². The summed E-state index contributed by atoms with van der Waals surface area (Å²) < 4.78 is 5.46. The van der Waals surface area contributed by atoms with Gasteiger partial charge in [-0.25, -0.2) is 0 Å². The summed E-state index contributed by atoms with van der Waals surface area (Å²) in [5.74, 6) is 0.851. The van der Waals surface area contributed by atoms with Gasteiger partial charge in [-0.15, -0.1) is 24.0 Å². The van der Waals surface area contributed by atoms with Crippen LogP contribution in [-0.4, -0.2) is 68.7 Å². The number of aliphatic imine (C=N–C) groups is 1. The number of nitrogens with one attached hydrogen (secondary N) is 2. The first-order valence-electron chi connectivity index (χ1n) is 11.9. The lowest BCUT2D eigenvalue weighted by molar-refractivity contribution is 0.0342. The Morgan fingerprint density at radius 1 is 0.939 bits per heavy atom. The first-order chi connectivity index (χ1) is 15.8. The molecular formula is C26H38IN5O. The van der Waals surface area contributed by atoms with Crippen molar-refractivity contribution in [2.75, 3.05) is 53.0 Å². The average molecular weight is 564 g/mol. The quantitative estimate of drug-likeness (QED) is 0.292. The highest BCUT2D eigenvalue weighted by molar-refractivity contribution is 14.0. The highest BCUT2D eigenvalue weighted by Gasteiger charge is 2.23. The molecule has 33 heavy (non-hydrogen) atoms. The smallest absolute Gasteiger partial charge is 0.191 e. The van der Waals surface area contributed by atoms with E-state index in [2.05, 4.69) is 80.0 Å². The molecule has 0 aromatic heterocycles. The summed E-state index contributed by atoms with van der Waals surface area (Å²) in [6.45, 7) is 8.63. The van der Waals surface area contributed by atoms with Crippen LogP contribution >= 0.6 is 24.0 Å². The van der Waals surface area contributed by atoms with Gasteiger partial charge in [0.15, 0.2) is 5.96 Å². The monoisotopic (exact) mass is 563 g/mol. The molecule has 2 fully saturated rings. The van der Waals surface area contributed by atoms with E-state index in [4.69, 9.17) is 4.74 Å². The Morgan fingerprint density at radius 3 is 2.39 bits per heavy atom. The normalized spacial score (nSPS) is 18.5. The van der Waals surface area contributed by atoms with E-state index in [1.165, 1.54) is 42.6 Å². The van der Waals surface area contributed by atoms with Gasteiger partial charge in [-0.1, -0.05) is 54.6 Å². The second kappa shape index (κ2) is 13.9. The highest BCUT2D eigenvalue weighted by atomic mass is 127. The minimum Gasteiger partial charge on any atom is -0.379 e. The van der Waals surface area contributed by atoms with Crippen LogP contribution in [0, 0.1) is 0 Å². The number of hydrogen-bond acceptors (Lipinski definition) is 4. The van der Waals surface area contributed by atoms with Gasteiger partial charge in [0, 0.05) is 39.8 Å². The van der Waals surface area contributed by atoms with Crippen molar-refractivity contribution < 1.29 is 4.74 Å². The van der Waals surface area contributed by atoms with E-state index in [1.807, 2.05) is 7.05 Å². The lowest BCUT2D eigenvalue weighted by Crippen LogP contribution is -2.42. The number of benzene rings is 2. The summed E-state index contributed by atoms with van der Waals surface area (Å²) in [7, 11) is 1.84. The van der Waals surface area contributed by atoms with E-state index in [1.54, 1.807) is 0 Å². The van der Waals surface area contributed by atoms with Crippen molar-refractivity contribution in [3.05, 3.63) is 71.3 Å². The number of guanidine groups is 1. The van der Waals surface area contributed by atoms with Gasteiger partial charge >= 0.3 is 0 Å². The predicted octanol–water partition coefficient (Wildman–Crippen LogP) is 3.64. The van der Waals surface area contributed by atoms with Crippen LogP contribution in [0.2, 0.25) is 0 Å². The summed E-state index contributed by atoms with van der Waals surface area (Å²) in [6.07, 6.45) is 2.58. The molecule has 0 bridgehead atoms. The third kappa shape index (κ3) is 7.95. The molecule has 0 spiro atoms. The van der Waals surface area contributed by atoms with Crippen molar-refractivity contribution in [3.63, 3.8) is 0 Å². The molecular weight excluding hydrogens is 525 g/mol. The van der Waals surface area contributed by atoms with E-state index < -0.39 is 0 Å². The van der Waals surface area contributed by atoms with Crippen LogP contribution < -0.4 is 10.6 Å². The van der Waals surface area contributed by atoms with Crippen molar-refractivity contribution in [1.29, 1.82) is 0 Å². The number of hydrogen-bond donors (Lipinski definition) is 2. The second-order valence-corrected chi connectivity index (χ2v) is 8.68. The molecule has 2 aromatic carbocycles. The minimum atomic E-state index is 0. The minimum absolute atomic E-state index is 0. The fourth-order valence-corrected chi connectivity index (χ4v) is 4.64. The zero-order valence-electron chi connectivity index (χ0n) is 19.7. The second-order valence-electron chi connectivity index (χ2n) is 8.68. The highest BCUT2D eigenvalue weighted by Crippen LogP contribution is 2.24. The molecule has 2 aliphatic rings. The van der Waals surface area contributed by atoms with Gasteiger partial charge in [0.25, 0.3) is 0 Å². The number of likely N-dealkylation sites (tertiary alicyclic amines) is 1. The van der Waals surface area contributed by atoms with Crippen molar-refractivity contribution in [2.45, 2.75) is 32.0 Å². The van der Waals surface area contributed by atoms with Gasteiger partial charge < -0.3 is 15.4 Å². The fourth-order valence-electron chi connectivity index (χ4n) is 4.64. The zero-order valence-corrected chi connectivity index (χ0v) is 22.0. The molecule has 0 radical (unpaired) electrons. The molecule has 7 heteroatoms. The Bertz CT molecular complexity index is 851. The van der Waals surface area contributed by atoms with Crippen molar-refractivity contribution in [2.24, 2.45) is 4.99 Å². The maximum atomic E-state index is 5.46. The maximum Gasteiger partial charge on any atom is 0.191 e. The maximum absolute atomic E-state index is 5.46.